The molecular weight excluding hydrogens is 347 g/mol. The van der Waals surface area contributed by atoms with Crippen LogP contribution >= 0.6 is 0 Å². The van der Waals surface area contributed by atoms with E-state index in [9.17, 15) is 17.6 Å². The Balaban J connectivity index is 1.80. The van der Waals surface area contributed by atoms with Crippen LogP contribution in [0.25, 0.3) is 0 Å². The Labute approximate surface area is 145 Å². The Morgan fingerprint density at radius 1 is 1.08 bits per heavy atom. The highest BCUT2D eigenvalue weighted by atomic mass is 32.2. The van der Waals surface area contributed by atoms with Crippen molar-refractivity contribution in [3.05, 3.63) is 54.3 Å². The minimum absolute atomic E-state index is 0.0749. The molecule has 2 N–H and O–H groups in total. The monoisotopic (exact) mass is 364 g/mol. The van der Waals surface area contributed by atoms with Gasteiger partial charge in [-0.15, -0.1) is 0 Å². The van der Waals surface area contributed by atoms with Gasteiger partial charge in [0.2, 0.25) is 0 Å². The van der Waals surface area contributed by atoms with Gasteiger partial charge >= 0.3 is 0 Å². The van der Waals surface area contributed by atoms with Crippen molar-refractivity contribution in [1.82, 2.24) is 0 Å². The van der Waals surface area contributed by atoms with Crippen LogP contribution in [-0.2, 0) is 19.6 Å². The summed E-state index contributed by atoms with van der Waals surface area (Å²) in [5.41, 5.74) is 0.548. The molecule has 0 spiro atoms. The van der Waals surface area contributed by atoms with Crippen LogP contribution in [0.4, 0.5) is 15.8 Å². The van der Waals surface area contributed by atoms with Crippen molar-refractivity contribution in [2.24, 2.45) is 0 Å². The van der Waals surface area contributed by atoms with Gasteiger partial charge in [0, 0.05) is 6.61 Å². The molecule has 6 nitrogen and oxygen atoms in total. The number of anilines is 2. The molecule has 25 heavy (non-hydrogen) atoms. The fourth-order valence-corrected chi connectivity index (χ4v) is 3.58. The first kappa shape index (κ1) is 17.4. The predicted molar refractivity (Wildman–Crippen MR) is 91.3 cm³/mol. The van der Waals surface area contributed by atoms with Crippen molar-refractivity contribution in [1.29, 1.82) is 0 Å². The zero-order valence-electron chi connectivity index (χ0n) is 13.2. The fraction of sp³-hybridized carbons (Fsp3) is 0.235. The van der Waals surface area contributed by atoms with E-state index in [0.717, 1.165) is 18.6 Å². The van der Waals surface area contributed by atoms with Crippen molar-refractivity contribution >= 4 is 27.3 Å². The number of ether oxygens (including phenoxy) is 1. The SMILES string of the molecule is O=C(Nc1ccccc1NS(=O)(=O)c1ccc(F)cc1)C1CCCO1. The van der Waals surface area contributed by atoms with Gasteiger partial charge in [0.15, 0.2) is 0 Å². The number of rotatable bonds is 5. The largest absolute Gasteiger partial charge is 0.368 e. The highest BCUT2D eigenvalue weighted by Gasteiger charge is 2.24. The lowest BCUT2D eigenvalue weighted by Gasteiger charge is -2.15. The summed E-state index contributed by atoms with van der Waals surface area (Å²) in [6.45, 7) is 0.539. The molecule has 1 amide bonds. The van der Waals surface area contributed by atoms with Gasteiger partial charge in [-0.2, -0.15) is 0 Å². The molecule has 0 saturated carbocycles. The molecule has 1 fully saturated rings. The molecule has 1 heterocycles. The second-order valence-corrected chi connectivity index (χ2v) is 7.28. The Hall–Kier alpha value is -2.45. The average Bonchev–Trinajstić information content (AvgIpc) is 3.11. The lowest BCUT2D eigenvalue weighted by atomic mass is 10.2. The third-order valence-electron chi connectivity index (χ3n) is 3.78. The van der Waals surface area contributed by atoms with E-state index in [1.807, 2.05) is 0 Å². The molecular formula is C17H17FN2O4S. The quantitative estimate of drug-likeness (QED) is 0.854. The predicted octanol–water partition coefficient (Wildman–Crippen LogP) is 2.74. The molecule has 0 aliphatic carbocycles. The highest BCUT2D eigenvalue weighted by Crippen LogP contribution is 2.25. The number of para-hydroxylation sites is 2. The molecule has 3 rings (SSSR count). The number of carbonyl (C=O) groups is 1. The minimum atomic E-state index is -3.91. The molecule has 0 aromatic heterocycles. The topological polar surface area (TPSA) is 84.5 Å². The Bertz CT molecular complexity index is 862. The van der Waals surface area contributed by atoms with Crippen LogP contribution in [0, 0.1) is 5.82 Å². The minimum Gasteiger partial charge on any atom is -0.368 e. The average molecular weight is 364 g/mol. The molecule has 0 bridgehead atoms. The van der Waals surface area contributed by atoms with Crippen LogP contribution in [0.1, 0.15) is 12.8 Å². The molecule has 1 unspecified atom stereocenters. The third-order valence-corrected chi connectivity index (χ3v) is 5.16. The zero-order chi connectivity index (χ0) is 17.9. The van der Waals surface area contributed by atoms with Crippen LogP contribution < -0.4 is 10.0 Å². The van der Waals surface area contributed by atoms with Gasteiger partial charge in [-0.3, -0.25) is 9.52 Å². The summed E-state index contributed by atoms with van der Waals surface area (Å²) in [4.78, 5) is 12.1. The Kier molecular flexibility index (Phi) is 5.00. The molecule has 2 aromatic carbocycles. The van der Waals surface area contributed by atoms with Gasteiger partial charge in [0.05, 0.1) is 16.3 Å². The summed E-state index contributed by atoms with van der Waals surface area (Å²) in [5.74, 6) is -0.839. The van der Waals surface area contributed by atoms with E-state index in [4.69, 9.17) is 4.74 Å². The Morgan fingerprint density at radius 3 is 2.40 bits per heavy atom. The maximum absolute atomic E-state index is 13.0. The first-order valence-corrected chi connectivity index (χ1v) is 9.24. The molecule has 2 aromatic rings. The second kappa shape index (κ2) is 7.20. The van der Waals surface area contributed by atoms with Crippen molar-refractivity contribution < 1.29 is 22.3 Å². The van der Waals surface area contributed by atoms with Gasteiger partial charge in [-0.1, -0.05) is 12.1 Å². The lowest BCUT2D eigenvalue weighted by Crippen LogP contribution is -2.27. The summed E-state index contributed by atoms with van der Waals surface area (Å²) < 4.78 is 45.6. The smallest absolute Gasteiger partial charge is 0.261 e. The Morgan fingerprint density at radius 2 is 1.76 bits per heavy atom. The van der Waals surface area contributed by atoms with Crippen LogP contribution in [0.2, 0.25) is 0 Å². The van der Waals surface area contributed by atoms with Crippen molar-refractivity contribution in [3.8, 4) is 0 Å². The van der Waals surface area contributed by atoms with Crippen LogP contribution in [-0.4, -0.2) is 27.0 Å². The molecule has 132 valence electrons. The molecule has 8 heteroatoms. The van der Waals surface area contributed by atoms with E-state index in [1.165, 1.54) is 18.2 Å². The number of carbonyl (C=O) groups excluding carboxylic acids is 1. The van der Waals surface area contributed by atoms with E-state index < -0.39 is 21.9 Å². The van der Waals surface area contributed by atoms with Gasteiger partial charge in [-0.25, -0.2) is 12.8 Å². The van der Waals surface area contributed by atoms with Crippen molar-refractivity contribution in [2.75, 3.05) is 16.6 Å². The number of sulfonamides is 1. The summed E-state index contributed by atoms with van der Waals surface area (Å²) in [6, 6.07) is 10.9. The number of hydrogen-bond acceptors (Lipinski definition) is 4. The number of hydrogen-bond donors (Lipinski definition) is 2. The zero-order valence-corrected chi connectivity index (χ0v) is 14.1. The number of halogens is 1. The van der Waals surface area contributed by atoms with Crippen LogP contribution in [0.5, 0.6) is 0 Å². The van der Waals surface area contributed by atoms with Gasteiger partial charge in [-0.05, 0) is 49.2 Å². The van der Waals surface area contributed by atoms with Gasteiger partial charge < -0.3 is 10.1 Å². The standard InChI is InChI=1S/C17H17FN2O4S/c18-12-7-9-13(10-8-12)25(22,23)20-15-5-2-1-4-14(15)19-17(21)16-6-3-11-24-16/h1-2,4-5,7-10,16,20H,3,6,11H2,(H,19,21). The molecule has 1 atom stereocenters. The molecule has 0 radical (unpaired) electrons. The molecule has 1 saturated heterocycles. The molecule has 1 aliphatic rings. The fourth-order valence-electron chi connectivity index (χ4n) is 2.50. The normalized spacial score (nSPS) is 17.2. The first-order valence-electron chi connectivity index (χ1n) is 7.75. The maximum atomic E-state index is 13.0. The highest BCUT2D eigenvalue weighted by molar-refractivity contribution is 7.92. The first-order chi connectivity index (χ1) is 12.0. The summed E-state index contributed by atoms with van der Waals surface area (Å²) in [5, 5.41) is 2.68. The maximum Gasteiger partial charge on any atom is 0.261 e. The van der Waals surface area contributed by atoms with E-state index >= 15 is 0 Å². The summed E-state index contributed by atoms with van der Waals surface area (Å²) in [7, 11) is -3.91. The van der Waals surface area contributed by atoms with Gasteiger partial charge in [0.1, 0.15) is 11.9 Å². The van der Waals surface area contributed by atoms with E-state index in [-0.39, 0.29) is 16.5 Å². The number of nitrogens with one attached hydrogen (secondary N) is 2. The number of benzene rings is 2. The summed E-state index contributed by atoms with van der Waals surface area (Å²) >= 11 is 0. The lowest BCUT2D eigenvalue weighted by molar-refractivity contribution is -0.124. The van der Waals surface area contributed by atoms with Crippen molar-refractivity contribution in [2.45, 2.75) is 23.8 Å². The van der Waals surface area contributed by atoms with E-state index in [1.54, 1.807) is 18.2 Å². The van der Waals surface area contributed by atoms with E-state index in [2.05, 4.69) is 10.0 Å². The van der Waals surface area contributed by atoms with E-state index in [0.29, 0.717) is 18.7 Å². The molecule has 1 aliphatic heterocycles. The van der Waals surface area contributed by atoms with Crippen LogP contribution in [0.3, 0.4) is 0 Å². The van der Waals surface area contributed by atoms with Crippen molar-refractivity contribution in [3.63, 3.8) is 0 Å². The van der Waals surface area contributed by atoms with Gasteiger partial charge in [0.25, 0.3) is 15.9 Å². The third kappa shape index (κ3) is 4.15. The number of amides is 1. The van der Waals surface area contributed by atoms with Crippen LogP contribution in [0.15, 0.2) is 53.4 Å². The second-order valence-electron chi connectivity index (χ2n) is 5.60. The summed E-state index contributed by atoms with van der Waals surface area (Å²) in [6.07, 6.45) is 0.924.